The molecule has 0 bridgehead atoms. The van der Waals surface area contributed by atoms with Gasteiger partial charge >= 0.3 is 0 Å². The summed E-state index contributed by atoms with van der Waals surface area (Å²) in [6, 6.07) is 9.32. The molecule has 10 nitrogen and oxygen atoms in total. The van der Waals surface area contributed by atoms with Gasteiger partial charge in [0.2, 0.25) is 11.9 Å². The smallest absolute Gasteiger partial charge is 0.233 e. The number of nitrogens with zero attached hydrogens (tertiary/aromatic N) is 7. The number of aromatic nitrogens is 6. The van der Waals surface area contributed by atoms with Crippen LogP contribution < -0.4 is 5.32 Å². The first-order valence-electron chi connectivity index (χ1n) is 11.7. The lowest BCUT2D eigenvalue weighted by atomic mass is 9.99. The van der Waals surface area contributed by atoms with Crippen LogP contribution in [-0.2, 0) is 11.8 Å². The quantitative estimate of drug-likeness (QED) is 0.433. The molecule has 1 amide bonds. The van der Waals surface area contributed by atoms with Crippen molar-refractivity contribution in [2.45, 2.75) is 32.2 Å². The highest BCUT2D eigenvalue weighted by Gasteiger charge is 2.33. The third-order valence-corrected chi connectivity index (χ3v) is 6.26. The lowest BCUT2D eigenvalue weighted by Crippen LogP contribution is -2.21. The van der Waals surface area contributed by atoms with Crippen molar-refractivity contribution in [3.05, 3.63) is 60.2 Å². The highest BCUT2D eigenvalue weighted by Crippen LogP contribution is 2.31. The number of likely N-dealkylation sites (tertiary alicyclic amines) is 1. The van der Waals surface area contributed by atoms with E-state index in [-0.39, 0.29) is 17.9 Å². The number of anilines is 1. The van der Waals surface area contributed by atoms with E-state index in [0.717, 1.165) is 18.5 Å². The van der Waals surface area contributed by atoms with E-state index < -0.39 is 0 Å². The van der Waals surface area contributed by atoms with E-state index in [4.69, 9.17) is 14.5 Å². The van der Waals surface area contributed by atoms with E-state index in [1.54, 1.807) is 22.8 Å². The summed E-state index contributed by atoms with van der Waals surface area (Å²) >= 11 is 0. The van der Waals surface area contributed by atoms with Gasteiger partial charge in [0.05, 0.1) is 29.3 Å². The predicted molar refractivity (Wildman–Crippen MR) is 130 cm³/mol. The van der Waals surface area contributed by atoms with Gasteiger partial charge in [-0.25, -0.2) is 15.0 Å². The van der Waals surface area contributed by atoms with Crippen LogP contribution in [0.5, 0.6) is 0 Å². The maximum absolute atomic E-state index is 12.3. The Hall–Kier alpha value is -4.08. The molecule has 5 heterocycles. The maximum atomic E-state index is 12.3. The molecule has 1 aliphatic heterocycles. The summed E-state index contributed by atoms with van der Waals surface area (Å²) in [6.45, 7) is 5.00. The summed E-state index contributed by atoms with van der Waals surface area (Å²) in [5.74, 6) is 1.17. The molecule has 10 heteroatoms. The number of rotatable bonds is 7. The molecule has 1 saturated heterocycles. The summed E-state index contributed by atoms with van der Waals surface area (Å²) in [7, 11) is 3.70. The van der Waals surface area contributed by atoms with Crippen LogP contribution in [0.25, 0.3) is 22.8 Å². The minimum absolute atomic E-state index is 0.0177. The number of hydrogen-bond acceptors (Lipinski definition) is 8. The second kappa shape index (κ2) is 9.28. The first kappa shape index (κ1) is 22.7. The molecule has 0 aromatic carbocycles. The fourth-order valence-corrected chi connectivity index (χ4v) is 4.33. The van der Waals surface area contributed by atoms with Crippen LogP contribution in [0.15, 0.2) is 53.4 Å². The van der Waals surface area contributed by atoms with Gasteiger partial charge in [-0.15, -0.1) is 0 Å². The number of aryl methyl sites for hydroxylation is 1. The van der Waals surface area contributed by atoms with Crippen molar-refractivity contribution in [2.75, 3.05) is 18.9 Å². The van der Waals surface area contributed by atoms with Gasteiger partial charge < -0.3 is 14.7 Å². The lowest BCUT2D eigenvalue weighted by Gasteiger charge is -2.21. The largest absolute Gasteiger partial charge is 0.360 e. The first-order valence-corrected chi connectivity index (χ1v) is 11.7. The summed E-state index contributed by atoms with van der Waals surface area (Å²) in [5, 5.41) is 11.9. The Kier molecular flexibility index (Phi) is 6.02. The van der Waals surface area contributed by atoms with Crippen LogP contribution >= 0.6 is 0 Å². The van der Waals surface area contributed by atoms with Crippen molar-refractivity contribution in [3.8, 4) is 22.8 Å². The van der Waals surface area contributed by atoms with E-state index >= 15 is 0 Å². The molecule has 0 aliphatic carbocycles. The van der Waals surface area contributed by atoms with Crippen LogP contribution in [0, 0.1) is 5.92 Å². The van der Waals surface area contributed by atoms with Gasteiger partial charge in [-0.1, -0.05) is 25.1 Å². The van der Waals surface area contributed by atoms with Crippen LogP contribution in [-0.4, -0.2) is 54.3 Å². The molecule has 1 N–H and O–H groups in total. The van der Waals surface area contributed by atoms with Gasteiger partial charge in [0.25, 0.3) is 0 Å². The van der Waals surface area contributed by atoms with Crippen molar-refractivity contribution in [2.24, 2.45) is 13.0 Å². The molecular formula is C25H28N8O2. The van der Waals surface area contributed by atoms with Crippen molar-refractivity contribution < 1.29 is 9.32 Å². The number of likely N-dealkylation sites (N-methyl/N-ethyl adjacent to an activating group) is 1. The molecule has 1 fully saturated rings. The Morgan fingerprint density at radius 2 is 1.86 bits per heavy atom. The number of amides is 1. The zero-order valence-electron chi connectivity index (χ0n) is 20.2. The molecule has 4 aromatic heterocycles. The monoisotopic (exact) mass is 472 g/mol. The van der Waals surface area contributed by atoms with E-state index in [9.17, 15) is 4.79 Å². The van der Waals surface area contributed by atoms with Crippen LogP contribution in [0.4, 0.5) is 5.95 Å². The zero-order valence-corrected chi connectivity index (χ0v) is 20.2. The summed E-state index contributed by atoms with van der Waals surface area (Å²) in [5.41, 5.74) is 3.70. The molecule has 0 radical (unpaired) electrons. The predicted octanol–water partition coefficient (Wildman–Crippen LogP) is 3.68. The van der Waals surface area contributed by atoms with Gasteiger partial charge in [-0.3, -0.25) is 9.48 Å². The van der Waals surface area contributed by atoms with E-state index in [2.05, 4.69) is 34.4 Å². The highest BCUT2D eigenvalue weighted by molar-refractivity contribution is 5.85. The number of nitrogens with one attached hydrogen (secondary N) is 1. The Balaban J connectivity index is 1.38. The zero-order chi connectivity index (χ0) is 24.5. The van der Waals surface area contributed by atoms with Gasteiger partial charge in [-0.05, 0) is 30.5 Å². The van der Waals surface area contributed by atoms with Crippen molar-refractivity contribution in [1.82, 2.24) is 34.8 Å². The normalized spacial score (nSPS) is 16.8. The Morgan fingerprint density at radius 1 is 1.09 bits per heavy atom. The van der Waals surface area contributed by atoms with Crippen LogP contribution in [0.2, 0.25) is 0 Å². The molecule has 0 saturated carbocycles. The van der Waals surface area contributed by atoms with Crippen molar-refractivity contribution in [3.63, 3.8) is 0 Å². The van der Waals surface area contributed by atoms with Crippen molar-refractivity contribution >= 4 is 11.9 Å². The van der Waals surface area contributed by atoms with Crippen LogP contribution in [0.3, 0.4) is 0 Å². The topological polar surface area (TPSA) is 115 Å². The standard InChI is InChI=1S/C25H28N8O2/c1-15(2)23(16-13-27-33(4)14-16)30-25-26-10-8-20(29-25)18-6-5-7-19(28-18)21-12-22(35-31-21)17-9-11-32(3)24(17)34/h5-8,10,12-15,17,23H,9,11H2,1-4H3,(H,26,29,30). The van der Waals surface area contributed by atoms with Crippen molar-refractivity contribution in [1.29, 1.82) is 0 Å². The minimum atomic E-state index is -0.284. The van der Waals surface area contributed by atoms with Gasteiger partial charge in [0, 0.05) is 44.7 Å². The maximum Gasteiger partial charge on any atom is 0.233 e. The van der Waals surface area contributed by atoms with Gasteiger partial charge in [0.15, 0.2) is 0 Å². The molecular weight excluding hydrogens is 444 g/mol. The number of carbonyl (C=O) groups excluding carboxylic acids is 1. The summed E-state index contributed by atoms with van der Waals surface area (Å²) in [4.78, 5) is 27.9. The van der Waals surface area contributed by atoms with E-state index in [1.165, 1.54) is 0 Å². The van der Waals surface area contributed by atoms with Crippen LogP contribution in [0.1, 0.15) is 43.6 Å². The average molecular weight is 473 g/mol. The van der Waals surface area contributed by atoms with E-state index in [1.807, 2.05) is 49.8 Å². The molecule has 0 spiro atoms. The molecule has 2 atom stereocenters. The average Bonchev–Trinajstić information content (AvgIpc) is 3.59. The number of carbonyl (C=O) groups is 1. The Labute approximate surface area is 203 Å². The molecule has 5 rings (SSSR count). The number of hydrogen-bond donors (Lipinski definition) is 1. The molecule has 180 valence electrons. The minimum Gasteiger partial charge on any atom is -0.360 e. The molecule has 1 aliphatic rings. The lowest BCUT2D eigenvalue weighted by molar-refractivity contribution is -0.128. The molecule has 2 unspecified atom stereocenters. The third-order valence-electron chi connectivity index (χ3n) is 6.26. The molecule has 4 aromatic rings. The fraction of sp³-hybridized carbons (Fsp3) is 0.360. The summed E-state index contributed by atoms with van der Waals surface area (Å²) < 4.78 is 7.30. The Morgan fingerprint density at radius 3 is 2.54 bits per heavy atom. The third kappa shape index (κ3) is 4.64. The summed E-state index contributed by atoms with van der Waals surface area (Å²) in [6.07, 6.45) is 6.30. The fourth-order valence-electron chi connectivity index (χ4n) is 4.33. The first-order chi connectivity index (χ1) is 16.9. The second-order valence-electron chi connectivity index (χ2n) is 9.20. The van der Waals surface area contributed by atoms with E-state index in [0.29, 0.717) is 40.4 Å². The highest BCUT2D eigenvalue weighted by atomic mass is 16.5. The second-order valence-corrected chi connectivity index (χ2v) is 9.20. The van der Waals surface area contributed by atoms with Gasteiger partial charge in [-0.2, -0.15) is 5.10 Å². The number of pyridine rings is 1. The SMILES string of the molecule is CC(C)C(Nc1nccc(-c2cccc(-c3cc(C4CCN(C)C4=O)on3)n2)n1)c1cnn(C)c1. The van der Waals surface area contributed by atoms with Gasteiger partial charge in [0.1, 0.15) is 17.4 Å². The molecule has 35 heavy (non-hydrogen) atoms. The Bertz CT molecular complexity index is 1340.